The van der Waals surface area contributed by atoms with Gasteiger partial charge in [0.05, 0.1) is 21.7 Å². The van der Waals surface area contributed by atoms with Crippen LogP contribution in [0.5, 0.6) is 0 Å². The number of nitrogens with zero attached hydrogens (tertiary/aromatic N) is 2. The predicted octanol–water partition coefficient (Wildman–Crippen LogP) is -1.80. The van der Waals surface area contributed by atoms with E-state index in [-0.39, 0.29) is 29.6 Å². The molecule has 90 valence electrons. The zero-order valence-corrected chi connectivity index (χ0v) is 13.7. The quantitative estimate of drug-likeness (QED) is 0.488. The number of thioether (sulfide) groups is 1. The Kier molecular flexibility index (Phi) is 4.89. The first kappa shape index (κ1) is 15.6. The zero-order chi connectivity index (χ0) is 12.6. The second-order valence-corrected chi connectivity index (χ2v) is 5.93. The van der Waals surface area contributed by atoms with Gasteiger partial charge in [0.1, 0.15) is 0 Å². The van der Waals surface area contributed by atoms with E-state index in [1.165, 1.54) is 11.8 Å². The first-order chi connectivity index (χ1) is 7.92. The molecule has 6 heteroatoms. The maximum atomic E-state index is 11.0. The molecule has 0 amide bonds. The average Bonchev–Trinajstić information content (AvgIpc) is 2.56. The van der Waals surface area contributed by atoms with Gasteiger partial charge in [0.25, 0.3) is 0 Å². The largest absolute Gasteiger partial charge is 1.00 e. The number of carbonyl (C=O) groups is 1. The summed E-state index contributed by atoms with van der Waals surface area (Å²) in [5.74, 6) is -1.09. The number of carbonyl (C=O) groups excluding carboxylic acids is 1. The first-order valence-corrected chi connectivity index (χ1v) is 6.05. The Morgan fingerprint density at radius 3 is 2.56 bits per heavy atom. The van der Waals surface area contributed by atoms with Crippen molar-refractivity contribution in [3.05, 3.63) is 24.3 Å². The van der Waals surface area contributed by atoms with Crippen LogP contribution in [0, 0.1) is 0 Å². The van der Waals surface area contributed by atoms with E-state index < -0.39 is 10.7 Å². The van der Waals surface area contributed by atoms with Gasteiger partial charge in [-0.2, -0.15) is 0 Å². The minimum absolute atomic E-state index is 0. The van der Waals surface area contributed by atoms with Crippen molar-refractivity contribution in [2.24, 2.45) is 7.05 Å². The second-order valence-electron chi connectivity index (χ2n) is 4.34. The van der Waals surface area contributed by atoms with E-state index in [4.69, 9.17) is 0 Å². The summed E-state index contributed by atoms with van der Waals surface area (Å²) in [4.78, 5) is 15.4. The summed E-state index contributed by atoms with van der Waals surface area (Å²) in [5.41, 5.74) is 1.86. The number of rotatable bonds is 3. The fraction of sp³-hybridized carbons (Fsp3) is 0.333. The van der Waals surface area contributed by atoms with E-state index >= 15 is 0 Å². The Bertz CT molecular complexity index is 580. The Morgan fingerprint density at radius 1 is 1.39 bits per heavy atom. The van der Waals surface area contributed by atoms with Crippen LogP contribution >= 0.6 is 11.8 Å². The minimum Gasteiger partial charge on any atom is -0.549 e. The fourth-order valence-electron chi connectivity index (χ4n) is 1.48. The number of carboxylic acid groups (broad SMARTS) is 1. The number of benzene rings is 1. The summed E-state index contributed by atoms with van der Waals surface area (Å²) >= 11 is 1.20. The summed E-state index contributed by atoms with van der Waals surface area (Å²) in [6.07, 6.45) is 0. The molecule has 0 bridgehead atoms. The van der Waals surface area contributed by atoms with E-state index in [9.17, 15) is 9.90 Å². The van der Waals surface area contributed by atoms with Crippen LogP contribution in [0.4, 0.5) is 0 Å². The van der Waals surface area contributed by atoms with Gasteiger partial charge < -0.3 is 14.5 Å². The molecule has 18 heavy (non-hydrogen) atoms. The van der Waals surface area contributed by atoms with E-state index in [1.54, 1.807) is 13.8 Å². The van der Waals surface area contributed by atoms with Crippen molar-refractivity contribution in [3.63, 3.8) is 0 Å². The van der Waals surface area contributed by atoms with Crippen molar-refractivity contribution in [3.8, 4) is 0 Å². The number of fused-ring (bicyclic) bond motifs is 1. The molecule has 0 saturated heterocycles. The van der Waals surface area contributed by atoms with E-state index in [0.717, 1.165) is 11.0 Å². The number of para-hydroxylation sites is 2. The molecule has 0 unspecified atom stereocenters. The number of hydrogen-bond acceptors (Lipinski definition) is 4. The normalized spacial score (nSPS) is 11.3. The van der Waals surface area contributed by atoms with Crippen LogP contribution in [0.3, 0.4) is 0 Å². The number of imidazole rings is 1. The van der Waals surface area contributed by atoms with Gasteiger partial charge in [-0.1, -0.05) is 23.9 Å². The fourth-order valence-corrected chi connectivity index (χ4v) is 2.40. The van der Waals surface area contributed by atoms with E-state index in [0.29, 0.717) is 5.16 Å². The molecule has 0 aliphatic heterocycles. The van der Waals surface area contributed by atoms with Gasteiger partial charge in [0.2, 0.25) is 0 Å². The molecule has 2 aromatic rings. The number of aryl methyl sites for hydroxylation is 1. The molecule has 4 nitrogen and oxygen atoms in total. The molecule has 0 fully saturated rings. The van der Waals surface area contributed by atoms with Gasteiger partial charge in [0.15, 0.2) is 5.16 Å². The third-order valence-corrected chi connectivity index (χ3v) is 3.81. The molecular formula is C12H13N2NaO2S. The molecule has 2 rings (SSSR count). The number of hydrogen-bond donors (Lipinski definition) is 0. The van der Waals surface area contributed by atoms with E-state index in [2.05, 4.69) is 4.98 Å². The molecule has 0 radical (unpaired) electrons. The molecule has 1 aromatic carbocycles. The van der Waals surface area contributed by atoms with Crippen LogP contribution in [-0.2, 0) is 11.8 Å². The molecular weight excluding hydrogens is 259 g/mol. The van der Waals surface area contributed by atoms with Crippen molar-refractivity contribution in [2.75, 3.05) is 0 Å². The van der Waals surface area contributed by atoms with Gasteiger partial charge in [-0.3, -0.25) is 0 Å². The first-order valence-electron chi connectivity index (χ1n) is 5.24. The maximum absolute atomic E-state index is 11.0. The summed E-state index contributed by atoms with van der Waals surface area (Å²) < 4.78 is 0.903. The summed E-state index contributed by atoms with van der Waals surface area (Å²) in [7, 11) is 1.88. The van der Waals surface area contributed by atoms with Crippen LogP contribution in [0.15, 0.2) is 29.4 Å². The van der Waals surface area contributed by atoms with Gasteiger partial charge >= 0.3 is 29.6 Å². The van der Waals surface area contributed by atoms with Gasteiger partial charge in [-0.05, 0) is 26.0 Å². The third-order valence-electron chi connectivity index (χ3n) is 2.58. The molecule has 0 aliphatic carbocycles. The number of aliphatic carboxylic acids is 1. The van der Waals surface area contributed by atoms with Gasteiger partial charge in [-0.15, -0.1) is 0 Å². The van der Waals surface area contributed by atoms with Crippen molar-refractivity contribution in [1.29, 1.82) is 0 Å². The topological polar surface area (TPSA) is 58.0 Å². The summed E-state index contributed by atoms with van der Waals surface area (Å²) in [6.45, 7) is 3.23. The molecule has 0 saturated carbocycles. The number of aromatic nitrogens is 2. The molecule has 0 aliphatic rings. The molecule has 1 aromatic heterocycles. The standard InChI is InChI=1S/C12H14N2O2S.Na/c1-12(2,10(15)16)17-11-13-8-6-4-5-7-9(8)14(11)3;/h4-7H,1-3H3,(H,15,16);/q;+1/p-1. The Morgan fingerprint density at radius 2 is 2.00 bits per heavy atom. The monoisotopic (exact) mass is 272 g/mol. The smallest absolute Gasteiger partial charge is 0.549 e. The summed E-state index contributed by atoms with van der Waals surface area (Å²) in [6, 6.07) is 7.71. The molecule has 0 spiro atoms. The molecule has 1 heterocycles. The van der Waals surface area contributed by atoms with Crippen molar-refractivity contribution < 1.29 is 39.5 Å². The average molecular weight is 272 g/mol. The molecule has 0 N–H and O–H groups in total. The third kappa shape index (κ3) is 2.91. The van der Waals surface area contributed by atoms with Crippen LogP contribution in [0.25, 0.3) is 11.0 Å². The van der Waals surface area contributed by atoms with Crippen LogP contribution in [0.2, 0.25) is 0 Å². The van der Waals surface area contributed by atoms with Crippen LogP contribution in [0.1, 0.15) is 13.8 Å². The van der Waals surface area contributed by atoms with Crippen LogP contribution < -0.4 is 34.7 Å². The van der Waals surface area contributed by atoms with Gasteiger partial charge in [0, 0.05) is 7.05 Å². The van der Waals surface area contributed by atoms with Crippen molar-refractivity contribution >= 4 is 28.8 Å². The van der Waals surface area contributed by atoms with Crippen molar-refractivity contribution in [2.45, 2.75) is 23.8 Å². The van der Waals surface area contributed by atoms with Gasteiger partial charge in [-0.25, -0.2) is 4.98 Å². The summed E-state index contributed by atoms with van der Waals surface area (Å²) in [5, 5.41) is 11.7. The molecule has 0 atom stereocenters. The number of carboxylic acids is 1. The Hall–Kier alpha value is -0.490. The Labute approximate surface area is 132 Å². The maximum Gasteiger partial charge on any atom is 1.00 e. The second kappa shape index (κ2) is 5.65. The minimum atomic E-state index is -1.09. The van der Waals surface area contributed by atoms with Crippen molar-refractivity contribution in [1.82, 2.24) is 9.55 Å². The zero-order valence-electron chi connectivity index (χ0n) is 10.9. The van der Waals surface area contributed by atoms with E-state index in [1.807, 2.05) is 35.9 Å². The van der Waals surface area contributed by atoms with Crippen LogP contribution in [-0.4, -0.2) is 20.3 Å². The predicted molar refractivity (Wildman–Crippen MR) is 65.7 cm³/mol. The SMILES string of the molecule is Cn1c(SC(C)(C)C(=O)[O-])nc2ccccc21.[Na+]. The Balaban J connectivity index is 0.00000162.